The van der Waals surface area contributed by atoms with Crippen LogP contribution >= 0.6 is 23.5 Å². The van der Waals surface area contributed by atoms with Gasteiger partial charge in [-0.2, -0.15) is 0 Å². The molecule has 176 valence electrons. The molecule has 3 aromatic rings. The second-order valence-electron chi connectivity index (χ2n) is 9.26. The van der Waals surface area contributed by atoms with Gasteiger partial charge in [-0.15, -0.1) is 0 Å². The van der Waals surface area contributed by atoms with E-state index in [1.807, 2.05) is 29.3 Å². The highest BCUT2D eigenvalue weighted by molar-refractivity contribution is 7.97. The van der Waals surface area contributed by atoms with Crippen LogP contribution in [0.2, 0.25) is 5.02 Å². The number of amides is 2. The Labute approximate surface area is 207 Å². The molecular weight excluding hydrogens is 470 g/mol. The van der Waals surface area contributed by atoms with Crippen molar-refractivity contribution in [3.05, 3.63) is 59.0 Å². The lowest BCUT2D eigenvalue weighted by atomic mass is 9.99. The minimum absolute atomic E-state index is 0.0906. The summed E-state index contributed by atoms with van der Waals surface area (Å²) in [5.74, 6) is 1.22. The lowest BCUT2D eigenvalue weighted by Crippen LogP contribution is -2.44. The monoisotopic (exact) mass is 495 g/mol. The summed E-state index contributed by atoms with van der Waals surface area (Å²) in [4.78, 5) is 31.3. The van der Waals surface area contributed by atoms with Crippen molar-refractivity contribution in [2.45, 2.75) is 37.8 Å². The number of benzene rings is 1. The molecule has 0 unspecified atom stereocenters. The number of anilines is 1. The minimum atomic E-state index is -0.324. The van der Waals surface area contributed by atoms with Crippen molar-refractivity contribution in [2.24, 2.45) is 0 Å². The molecule has 1 spiro atoms. The van der Waals surface area contributed by atoms with E-state index in [2.05, 4.69) is 31.3 Å². The van der Waals surface area contributed by atoms with Crippen LogP contribution in [-0.2, 0) is 28.1 Å². The summed E-state index contributed by atoms with van der Waals surface area (Å²) in [6.07, 6.45) is 6.42. The Kier molecular flexibility index (Phi) is 5.54. The zero-order valence-corrected chi connectivity index (χ0v) is 20.4. The van der Waals surface area contributed by atoms with Gasteiger partial charge in [-0.05, 0) is 55.2 Å². The number of pyridine rings is 1. The fourth-order valence-electron chi connectivity index (χ4n) is 5.25. The molecule has 0 atom stereocenters. The lowest BCUT2D eigenvalue weighted by Gasteiger charge is -2.25. The average Bonchev–Trinajstić information content (AvgIpc) is 3.53. The molecule has 0 radical (unpaired) electrons. The number of hydrogen-bond acceptors (Lipinski definition) is 5. The average molecular weight is 496 g/mol. The zero-order chi connectivity index (χ0) is 23.3. The van der Waals surface area contributed by atoms with Gasteiger partial charge in [-0.3, -0.25) is 14.6 Å². The summed E-state index contributed by atoms with van der Waals surface area (Å²) in [5, 5.41) is 4.66. The van der Waals surface area contributed by atoms with Crippen molar-refractivity contribution >= 4 is 52.0 Å². The molecule has 1 saturated carbocycles. The van der Waals surface area contributed by atoms with Gasteiger partial charge in [0.05, 0.1) is 30.4 Å². The largest absolute Gasteiger partial charge is 0.354 e. The summed E-state index contributed by atoms with van der Waals surface area (Å²) < 4.78 is 4.45. The highest BCUT2D eigenvalue weighted by Gasteiger charge is 2.59. The first-order chi connectivity index (χ1) is 16.5. The van der Waals surface area contributed by atoms with Crippen molar-refractivity contribution in [1.82, 2.24) is 19.2 Å². The number of nitrogens with zero attached hydrogens (tertiary/aromatic N) is 4. The number of halogens is 1. The topological polar surface area (TPSA) is 70.5 Å². The predicted octanol–water partition coefficient (Wildman–Crippen LogP) is 3.74. The molecule has 2 amide bonds. The van der Waals surface area contributed by atoms with E-state index in [9.17, 15) is 9.59 Å². The molecule has 1 aromatic carbocycles. The van der Waals surface area contributed by atoms with Crippen molar-refractivity contribution in [1.29, 1.82) is 0 Å². The van der Waals surface area contributed by atoms with Gasteiger partial charge in [-0.1, -0.05) is 23.5 Å². The van der Waals surface area contributed by atoms with Crippen LogP contribution in [0.1, 0.15) is 30.5 Å². The molecule has 4 heterocycles. The van der Waals surface area contributed by atoms with Crippen LogP contribution in [0.5, 0.6) is 0 Å². The van der Waals surface area contributed by atoms with Gasteiger partial charge >= 0.3 is 0 Å². The molecule has 2 aliphatic heterocycles. The number of fused-ring (bicyclic) bond motifs is 3. The number of piperazine rings is 1. The molecule has 3 aliphatic rings. The SMILES string of the molecule is O=C1CN(SCCCn2c(CN3C(=O)C4(CC4)c4ccncc43)cc3cc(Cl)ccc32)CCN1. The summed E-state index contributed by atoms with van der Waals surface area (Å²) in [6.45, 7) is 3.39. The number of rotatable bonds is 7. The van der Waals surface area contributed by atoms with Crippen LogP contribution < -0.4 is 10.2 Å². The molecule has 1 saturated heterocycles. The number of carbonyl (C=O) groups excluding carboxylic acids is 2. The van der Waals surface area contributed by atoms with Gasteiger partial charge < -0.3 is 14.8 Å². The van der Waals surface area contributed by atoms with Crippen LogP contribution in [0.25, 0.3) is 10.9 Å². The Bertz CT molecular complexity index is 1290. The maximum atomic E-state index is 13.4. The van der Waals surface area contributed by atoms with Crippen molar-refractivity contribution in [2.75, 3.05) is 30.3 Å². The standard InChI is InChI=1S/C25H26ClN5O2S/c26-18-2-3-21-17(12-18)13-19(30(21)9-1-11-34-29-10-8-28-23(32)16-29)15-31-22-14-27-7-4-20(22)25(5-6-25)24(31)33/h2-4,7,12-14H,1,5-6,8-11,15-16H2,(H,28,32). The molecular formula is C25H26ClN5O2S. The molecule has 6 rings (SSSR count). The van der Waals surface area contributed by atoms with Crippen molar-refractivity contribution in [3.8, 4) is 0 Å². The Morgan fingerprint density at radius 3 is 2.88 bits per heavy atom. The first-order valence-electron chi connectivity index (χ1n) is 11.7. The number of nitrogens with one attached hydrogen (secondary N) is 1. The summed E-state index contributed by atoms with van der Waals surface area (Å²) >= 11 is 8.02. The molecule has 34 heavy (non-hydrogen) atoms. The zero-order valence-electron chi connectivity index (χ0n) is 18.8. The third kappa shape index (κ3) is 3.78. The second kappa shape index (κ2) is 8.59. The van der Waals surface area contributed by atoms with E-state index in [1.165, 1.54) is 0 Å². The first-order valence-corrected chi connectivity index (χ1v) is 13.1. The van der Waals surface area contributed by atoms with Gasteiger partial charge in [0.15, 0.2) is 0 Å². The van der Waals surface area contributed by atoms with Crippen LogP contribution in [0.3, 0.4) is 0 Å². The molecule has 1 N–H and O–H groups in total. The van der Waals surface area contributed by atoms with E-state index in [1.54, 1.807) is 18.1 Å². The number of aryl methyl sites for hydroxylation is 1. The van der Waals surface area contributed by atoms with Crippen molar-refractivity contribution in [3.63, 3.8) is 0 Å². The van der Waals surface area contributed by atoms with Gasteiger partial charge in [0.2, 0.25) is 11.8 Å². The summed E-state index contributed by atoms with van der Waals surface area (Å²) in [7, 11) is 0. The van der Waals surface area contributed by atoms with Crippen LogP contribution in [-0.4, -0.2) is 51.1 Å². The van der Waals surface area contributed by atoms with Gasteiger partial charge in [0.25, 0.3) is 0 Å². The Hall–Kier alpha value is -2.55. The normalized spacial score (nSPS) is 19.1. The minimum Gasteiger partial charge on any atom is -0.354 e. The fraction of sp³-hybridized carbons (Fsp3) is 0.400. The van der Waals surface area contributed by atoms with Gasteiger partial charge in [-0.25, -0.2) is 4.31 Å². The van der Waals surface area contributed by atoms with Crippen LogP contribution in [0.15, 0.2) is 42.7 Å². The molecule has 2 aromatic heterocycles. The van der Waals surface area contributed by atoms with E-state index in [0.29, 0.717) is 24.7 Å². The third-order valence-corrected chi connectivity index (χ3v) is 8.47. The molecule has 1 aliphatic carbocycles. The quantitative estimate of drug-likeness (QED) is 0.399. The highest BCUT2D eigenvalue weighted by atomic mass is 35.5. The first kappa shape index (κ1) is 21.9. The maximum Gasteiger partial charge on any atom is 0.238 e. The number of carbonyl (C=O) groups is 2. The number of hydrogen-bond donors (Lipinski definition) is 1. The maximum absolute atomic E-state index is 13.4. The summed E-state index contributed by atoms with van der Waals surface area (Å²) in [6, 6.07) is 10.1. The van der Waals surface area contributed by atoms with Crippen LogP contribution in [0, 0.1) is 0 Å². The van der Waals surface area contributed by atoms with E-state index in [4.69, 9.17) is 11.6 Å². The van der Waals surface area contributed by atoms with Crippen molar-refractivity contribution < 1.29 is 9.59 Å². The Morgan fingerprint density at radius 1 is 1.18 bits per heavy atom. The fourth-order valence-corrected chi connectivity index (χ4v) is 6.38. The number of aromatic nitrogens is 2. The Morgan fingerprint density at radius 2 is 2.06 bits per heavy atom. The molecule has 2 fully saturated rings. The third-order valence-electron chi connectivity index (χ3n) is 7.08. The Balaban J connectivity index is 1.24. The van der Waals surface area contributed by atoms with E-state index in [-0.39, 0.29) is 17.2 Å². The van der Waals surface area contributed by atoms with E-state index >= 15 is 0 Å². The smallest absolute Gasteiger partial charge is 0.238 e. The molecule has 7 nitrogen and oxygen atoms in total. The van der Waals surface area contributed by atoms with E-state index < -0.39 is 0 Å². The molecule has 9 heteroatoms. The molecule has 0 bridgehead atoms. The van der Waals surface area contributed by atoms with E-state index in [0.717, 1.165) is 66.0 Å². The predicted molar refractivity (Wildman–Crippen MR) is 135 cm³/mol. The van der Waals surface area contributed by atoms with Crippen LogP contribution in [0.4, 0.5) is 5.69 Å². The lowest BCUT2D eigenvalue weighted by molar-refractivity contribution is -0.122. The second-order valence-corrected chi connectivity index (χ2v) is 10.9. The summed E-state index contributed by atoms with van der Waals surface area (Å²) in [5.41, 5.74) is 3.97. The highest BCUT2D eigenvalue weighted by Crippen LogP contribution is 2.57. The van der Waals surface area contributed by atoms with Gasteiger partial charge in [0, 0.05) is 53.2 Å². The van der Waals surface area contributed by atoms with Gasteiger partial charge in [0.1, 0.15) is 0 Å².